The highest BCUT2D eigenvalue weighted by atomic mass is 16.5. The Bertz CT molecular complexity index is 1040. The number of benzene rings is 3. The van der Waals surface area contributed by atoms with Crippen LogP contribution in [0.25, 0.3) is 11.1 Å². The highest BCUT2D eigenvalue weighted by Crippen LogP contribution is 2.28. The number of aromatic hydroxyl groups is 1. The molecule has 1 aliphatic heterocycles. The van der Waals surface area contributed by atoms with Gasteiger partial charge in [-0.3, -0.25) is 4.79 Å². The number of hydrogen-bond acceptors (Lipinski definition) is 4. The summed E-state index contributed by atoms with van der Waals surface area (Å²) in [5.41, 5.74) is 4.25. The van der Waals surface area contributed by atoms with Crippen LogP contribution < -0.4 is 4.90 Å². The van der Waals surface area contributed by atoms with Gasteiger partial charge in [0.2, 0.25) is 0 Å². The van der Waals surface area contributed by atoms with E-state index in [0.29, 0.717) is 12.1 Å². The molecule has 0 radical (unpaired) electrons. The number of phenols is 1. The molecule has 146 valence electrons. The fourth-order valence-electron chi connectivity index (χ4n) is 3.52. The van der Waals surface area contributed by atoms with Gasteiger partial charge < -0.3 is 14.7 Å². The third-order valence-corrected chi connectivity index (χ3v) is 5.11. The number of hydrogen-bond donors (Lipinski definition) is 1. The number of carbonyl (C=O) groups is 2. The molecule has 0 fully saturated rings. The molecule has 1 amide bonds. The summed E-state index contributed by atoms with van der Waals surface area (Å²) in [5.74, 6) is -0.548. The second-order valence-electron chi connectivity index (χ2n) is 7.04. The molecule has 3 aromatic carbocycles. The molecular weight excluding hydrogens is 366 g/mol. The molecular formula is C24H21NO4. The van der Waals surface area contributed by atoms with E-state index in [1.165, 1.54) is 0 Å². The van der Waals surface area contributed by atoms with Crippen LogP contribution in [-0.4, -0.2) is 29.6 Å². The summed E-state index contributed by atoms with van der Waals surface area (Å²) in [6.07, 6.45) is -0.0631. The van der Waals surface area contributed by atoms with Crippen LogP contribution >= 0.6 is 0 Å². The molecule has 0 bridgehead atoms. The smallest absolute Gasteiger partial charge is 0.338 e. The van der Waals surface area contributed by atoms with Crippen molar-refractivity contribution in [2.45, 2.75) is 19.4 Å². The summed E-state index contributed by atoms with van der Waals surface area (Å²) >= 11 is 0. The molecule has 1 atom stereocenters. The molecule has 0 aliphatic carbocycles. The Kier molecular flexibility index (Phi) is 5.04. The van der Waals surface area contributed by atoms with Crippen molar-refractivity contribution in [3.8, 4) is 16.9 Å². The van der Waals surface area contributed by atoms with Crippen molar-refractivity contribution in [2.75, 3.05) is 11.4 Å². The van der Waals surface area contributed by atoms with Gasteiger partial charge in [0.05, 0.1) is 5.56 Å². The molecule has 1 aliphatic rings. The van der Waals surface area contributed by atoms with E-state index in [1.807, 2.05) is 36.4 Å². The van der Waals surface area contributed by atoms with Gasteiger partial charge in [-0.05, 0) is 60.4 Å². The van der Waals surface area contributed by atoms with Crippen LogP contribution in [0.2, 0.25) is 0 Å². The first-order chi connectivity index (χ1) is 14.0. The zero-order valence-electron chi connectivity index (χ0n) is 16.0. The second kappa shape index (κ2) is 7.80. The number of nitrogens with zero attached hydrogens (tertiary/aromatic N) is 1. The Morgan fingerprint density at radius 1 is 0.931 bits per heavy atom. The Labute approximate surface area is 169 Å². The van der Waals surface area contributed by atoms with Crippen molar-refractivity contribution in [3.63, 3.8) is 0 Å². The molecule has 3 aromatic rings. The predicted molar refractivity (Wildman–Crippen MR) is 111 cm³/mol. The number of esters is 1. The van der Waals surface area contributed by atoms with E-state index >= 15 is 0 Å². The van der Waals surface area contributed by atoms with Crippen LogP contribution in [0.1, 0.15) is 22.8 Å². The van der Waals surface area contributed by atoms with Crippen molar-refractivity contribution in [2.24, 2.45) is 0 Å². The van der Waals surface area contributed by atoms with Crippen LogP contribution in [0.15, 0.2) is 72.8 Å². The number of anilines is 1. The lowest BCUT2D eigenvalue weighted by Gasteiger charge is -2.21. The lowest BCUT2D eigenvalue weighted by molar-refractivity contribution is -0.126. The van der Waals surface area contributed by atoms with Gasteiger partial charge in [-0.25, -0.2) is 4.79 Å². The lowest BCUT2D eigenvalue weighted by atomic mass is 10.0. The molecule has 4 rings (SSSR count). The van der Waals surface area contributed by atoms with Gasteiger partial charge in [-0.15, -0.1) is 0 Å². The standard InChI is InChI=1S/C24H21NO4/c1-16(23(27)25-15-14-19-4-2-3-5-22(19)25)29-24(28)20-8-6-17(7-9-20)18-10-12-21(26)13-11-18/h2-13,16,26H,14-15H2,1H3/t16-/m0/s1. The fourth-order valence-corrected chi connectivity index (χ4v) is 3.52. The molecule has 29 heavy (non-hydrogen) atoms. The van der Waals surface area contributed by atoms with E-state index in [9.17, 15) is 14.7 Å². The first-order valence-corrected chi connectivity index (χ1v) is 9.52. The van der Waals surface area contributed by atoms with Crippen molar-refractivity contribution in [1.29, 1.82) is 0 Å². The van der Waals surface area contributed by atoms with E-state index in [4.69, 9.17) is 4.74 Å². The average molecular weight is 387 g/mol. The van der Waals surface area contributed by atoms with Crippen LogP contribution in [0.3, 0.4) is 0 Å². The van der Waals surface area contributed by atoms with Gasteiger partial charge in [-0.1, -0.05) is 42.5 Å². The Hall–Kier alpha value is -3.60. The zero-order valence-corrected chi connectivity index (χ0v) is 16.0. The van der Waals surface area contributed by atoms with E-state index in [2.05, 4.69) is 0 Å². The third kappa shape index (κ3) is 3.85. The van der Waals surface area contributed by atoms with Gasteiger partial charge in [0.25, 0.3) is 5.91 Å². The normalized spacial score (nSPS) is 13.6. The maximum atomic E-state index is 12.8. The van der Waals surface area contributed by atoms with Crippen molar-refractivity contribution in [3.05, 3.63) is 83.9 Å². The van der Waals surface area contributed by atoms with Gasteiger partial charge in [0.1, 0.15) is 5.75 Å². The van der Waals surface area contributed by atoms with Crippen molar-refractivity contribution in [1.82, 2.24) is 0 Å². The molecule has 1 N–H and O–H groups in total. The highest BCUT2D eigenvalue weighted by molar-refractivity contribution is 6.00. The molecule has 5 heteroatoms. The first kappa shape index (κ1) is 18.7. The Balaban J connectivity index is 1.42. The average Bonchev–Trinajstić information content (AvgIpc) is 3.18. The fraction of sp³-hybridized carbons (Fsp3) is 0.167. The van der Waals surface area contributed by atoms with E-state index in [-0.39, 0.29) is 11.7 Å². The Morgan fingerprint density at radius 2 is 1.55 bits per heavy atom. The van der Waals surface area contributed by atoms with Crippen molar-refractivity contribution >= 4 is 17.6 Å². The van der Waals surface area contributed by atoms with Crippen LogP contribution in [0.4, 0.5) is 5.69 Å². The number of phenolic OH excluding ortho intramolecular Hbond substituents is 1. The van der Waals surface area contributed by atoms with Crippen LogP contribution in [0, 0.1) is 0 Å². The minimum Gasteiger partial charge on any atom is -0.508 e. The van der Waals surface area contributed by atoms with Gasteiger partial charge in [0.15, 0.2) is 6.10 Å². The summed E-state index contributed by atoms with van der Waals surface area (Å²) in [6.45, 7) is 2.20. The number of carbonyl (C=O) groups excluding carboxylic acids is 2. The monoisotopic (exact) mass is 387 g/mol. The summed E-state index contributed by atoms with van der Waals surface area (Å²) < 4.78 is 5.42. The number of fused-ring (bicyclic) bond motifs is 1. The molecule has 0 spiro atoms. The summed E-state index contributed by atoms with van der Waals surface area (Å²) in [7, 11) is 0. The van der Waals surface area contributed by atoms with E-state index < -0.39 is 12.1 Å². The topological polar surface area (TPSA) is 66.8 Å². The van der Waals surface area contributed by atoms with Crippen LogP contribution in [0.5, 0.6) is 5.75 Å². The van der Waals surface area contributed by atoms with E-state index in [0.717, 1.165) is 28.8 Å². The predicted octanol–water partition coefficient (Wildman–Crippen LogP) is 4.19. The maximum Gasteiger partial charge on any atom is 0.338 e. The first-order valence-electron chi connectivity index (χ1n) is 9.52. The highest BCUT2D eigenvalue weighted by Gasteiger charge is 2.29. The lowest BCUT2D eigenvalue weighted by Crippen LogP contribution is -2.39. The summed E-state index contributed by atoms with van der Waals surface area (Å²) in [5, 5.41) is 9.39. The van der Waals surface area contributed by atoms with E-state index in [1.54, 1.807) is 48.2 Å². The van der Waals surface area contributed by atoms with Gasteiger partial charge in [0, 0.05) is 12.2 Å². The number of ether oxygens (including phenoxy) is 1. The molecule has 0 unspecified atom stereocenters. The SMILES string of the molecule is C[C@H](OC(=O)c1ccc(-c2ccc(O)cc2)cc1)C(=O)N1CCc2ccccc21. The molecule has 0 aromatic heterocycles. The summed E-state index contributed by atoms with van der Waals surface area (Å²) in [4.78, 5) is 26.9. The number of amides is 1. The molecule has 0 saturated heterocycles. The number of rotatable bonds is 4. The summed E-state index contributed by atoms with van der Waals surface area (Å²) in [6, 6.07) is 21.6. The minimum atomic E-state index is -0.870. The van der Waals surface area contributed by atoms with Gasteiger partial charge >= 0.3 is 5.97 Å². The number of para-hydroxylation sites is 1. The minimum absolute atomic E-state index is 0.202. The zero-order chi connectivity index (χ0) is 20.4. The molecule has 5 nitrogen and oxygen atoms in total. The quantitative estimate of drug-likeness (QED) is 0.682. The second-order valence-corrected chi connectivity index (χ2v) is 7.04. The molecule has 0 saturated carbocycles. The van der Waals surface area contributed by atoms with Gasteiger partial charge in [-0.2, -0.15) is 0 Å². The third-order valence-electron chi connectivity index (χ3n) is 5.11. The largest absolute Gasteiger partial charge is 0.508 e. The Morgan fingerprint density at radius 3 is 2.24 bits per heavy atom. The maximum absolute atomic E-state index is 12.8. The van der Waals surface area contributed by atoms with Crippen molar-refractivity contribution < 1.29 is 19.4 Å². The molecule has 1 heterocycles. The van der Waals surface area contributed by atoms with Crippen LogP contribution in [-0.2, 0) is 16.0 Å².